The van der Waals surface area contributed by atoms with Gasteiger partial charge in [0.05, 0.1) is 22.2 Å². The Kier molecular flexibility index (Phi) is 13.0. The molecule has 1 aliphatic rings. The maximum Gasteiger partial charge on any atom is 0.323 e. The fourth-order valence-corrected chi connectivity index (χ4v) is 7.08. The number of carbonyl (C=O) groups excluding carboxylic acids is 2. The number of carbonyl (C=O) groups is 2. The minimum absolute atomic E-state index is 0.168. The van der Waals surface area contributed by atoms with Gasteiger partial charge in [-0.1, -0.05) is 13.8 Å². The molecule has 1 aromatic carbocycles. The van der Waals surface area contributed by atoms with Gasteiger partial charge in [0.2, 0.25) is 7.44 Å². The van der Waals surface area contributed by atoms with Crippen molar-refractivity contribution in [3.05, 3.63) is 44.6 Å². The summed E-state index contributed by atoms with van der Waals surface area (Å²) in [4.78, 5) is 24.3. The zero-order valence-electron chi connectivity index (χ0n) is 23.0. The molecule has 0 spiro atoms. The summed E-state index contributed by atoms with van der Waals surface area (Å²) >= 11 is 7.02. The molecular weight excluding hydrogens is 659 g/mol. The van der Waals surface area contributed by atoms with E-state index in [1.165, 1.54) is 13.8 Å². The molecule has 218 valence electrons. The van der Waals surface area contributed by atoms with Gasteiger partial charge in [-0.3, -0.25) is 14.2 Å². The van der Waals surface area contributed by atoms with Crippen LogP contribution in [0.1, 0.15) is 48.0 Å². The predicted molar refractivity (Wildman–Crippen MR) is 156 cm³/mol. The normalized spacial score (nSPS) is 17.1. The Labute approximate surface area is 246 Å². The first-order valence-corrected chi connectivity index (χ1v) is 16.1. The van der Waals surface area contributed by atoms with Gasteiger partial charge in [0.25, 0.3) is 0 Å². The summed E-state index contributed by atoms with van der Waals surface area (Å²) < 4.78 is 37.0. The number of rotatable bonds is 14. The highest BCUT2D eigenvalue weighted by Crippen LogP contribution is 2.42. The zero-order valence-corrected chi connectivity index (χ0v) is 27.0. The summed E-state index contributed by atoms with van der Waals surface area (Å²) in [6.07, 6.45) is 3.34. The zero-order chi connectivity index (χ0) is 29.3. The Balaban J connectivity index is 2.19. The second-order valence-electron chi connectivity index (χ2n) is 9.22. The largest absolute Gasteiger partial charge is 0.508 e. The minimum Gasteiger partial charge on any atom is -0.508 e. The highest BCUT2D eigenvalue weighted by Gasteiger charge is 2.33. The highest BCUT2D eigenvalue weighted by atomic mass is 79.9. The molecule has 0 fully saturated rings. The topological polar surface area (TPSA) is 132 Å². The summed E-state index contributed by atoms with van der Waals surface area (Å²) in [6.45, 7) is 10.7. The van der Waals surface area contributed by atoms with Gasteiger partial charge in [-0.05, 0) is 95.3 Å². The first-order chi connectivity index (χ1) is 18.3. The molecule has 0 amide bonds. The second-order valence-corrected chi connectivity index (χ2v) is 13.2. The van der Waals surface area contributed by atoms with E-state index in [2.05, 4.69) is 42.0 Å². The molecule has 3 N–H and O–H groups in total. The molecule has 39 heavy (non-hydrogen) atoms. The molecule has 1 aliphatic carbocycles. The van der Waals surface area contributed by atoms with E-state index in [0.717, 1.165) is 5.57 Å². The van der Waals surface area contributed by atoms with E-state index in [0.29, 0.717) is 26.9 Å². The van der Waals surface area contributed by atoms with E-state index < -0.39 is 31.5 Å². The summed E-state index contributed by atoms with van der Waals surface area (Å²) in [6, 6.07) is 1.47. The third-order valence-corrected chi connectivity index (χ3v) is 8.93. The Morgan fingerprint density at radius 2 is 1.54 bits per heavy atom. The van der Waals surface area contributed by atoms with Crippen molar-refractivity contribution >= 4 is 51.2 Å². The van der Waals surface area contributed by atoms with Crippen LogP contribution >= 0.6 is 39.3 Å². The van der Waals surface area contributed by atoms with Crippen LogP contribution in [0.4, 0.5) is 0 Å². The molecule has 0 bridgehead atoms. The van der Waals surface area contributed by atoms with E-state index in [9.17, 15) is 19.3 Å². The maximum absolute atomic E-state index is 13.8. The van der Waals surface area contributed by atoms with Gasteiger partial charge in [0.15, 0.2) is 6.35 Å². The van der Waals surface area contributed by atoms with Crippen LogP contribution in [0.5, 0.6) is 11.5 Å². The molecule has 13 heteroatoms. The summed E-state index contributed by atoms with van der Waals surface area (Å²) in [5.74, 6) is 0.171. The van der Waals surface area contributed by atoms with Crippen LogP contribution in [0.2, 0.25) is 0 Å². The molecule has 1 aromatic rings. The lowest BCUT2D eigenvalue weighted by molar-refractivity contribution is -0.145. The van der Waals surface area contributed by atoms with Crippen molar-refractivity contribution in [3.63, 3.8) is 0 Å². The first kappa shape index (κ1) is 33.4. The number of aliphatic hydroxyl groups excluding tert-OH is 1. The van der Waals surface area contributed by atoms with Gasteiger partial charge in [0, 0.05) is 6.42 Å². The molecule has 0 saturated heterocycles. The van der Waals surface area contributed by atoms with Crippen LogP contribution in [0, 0.1) is 5.92 Å². The standard InChI is InChI=1S/C26H37Br2N2O8P/c1-7-35-25(32)16(5)29-39(34,30-17(6)26(33)36-8-2)14-37-19-12-21(27)24(22(28)13-19)38-18-9-10-23(31)20(11-18)15(3)4/h9-10,12-13,15-18,31H,7-8,11,14H2,1-6H3,(H2,29,30,34)/t16-,17-,18?/m0/s1. The van der Waals surface area contributed by atoms with Crippen molar-refractivity contribution in [1.82, 2.24) is 10.2 Å². The lowest BCUT2D eigenvalue weighted by atomic mass is 9.92. The molecule has 0 aliphatic heterocycles. The first-order valence-electron chi connectivity index (χ1n) is 12.7. The molecule has 10 nitrogen and oxygen atoms in total. The fourth-order valence-electron chi connectivity index (χ4n) is 3.73. The highest BCUT2D eigenvalue weighted by molar-refractivity contribution is 9.11. The molecule has 2 rings (SSSR count). The number of benzene rings is 1. The van der Waals surface area contributed by atoms with Gasteiger partial charge in [-0.2, -0.15) is 0 Å². The number of aliphatic hydroxyl groups is 1. The van der Waals surface area contributed by atoms with Crippen LogP contribution in [0.3, 0.4) is 0 Å². The average Bonchev–Trinajstić information content (AvgIpc) is 2.86. The van der Waals surface area contributed by atoms with Crippen molar-refractivity contribution < 1.29 is 38.2 Å². The van der Waals surface area contributed by atoms with Gasteiger partial charge in [0.1, 0.15) is 35.4 Å². The Morgan fingerprint density at radius 3 is 2.00 bits per heavy atom. The number of ether oxygens (including phenoxy) is 4. The Bertz CT molecular complexity index is 1090. The van der Waals surface area contributed by atoms with E-state index >= 15 is 0 Å². The van der Waals surface area contributed by atoms with Gasteiger partial charge in [-0.15, -0.1) is 0 Å². The average molecular weight is 696 g/mol. The van der Waals surface area contributed by atoms with Crippen LogP contribution in [0.15, 0.2) is 44.6 Å². The number of nitrogens with one attached hydrogen (secondary N) is 2. The third kappa shape index (κ3) is 9.93. The molecular formula is C26H37Br2N2O8P. The van der Waals surface area contributed by atoms with Crippen molar-refractivity contribution in [2.45, 2.75) is 66.2 Å². The third-order valence-electron chi connectivity index (χ3n) is 5.65. The Hall–Kier alpha value is -1.85. The monoisotopic (exact) mass is 694 g/mol. The van der Waals surface area contributed by atoms with Crippen molar-refractivity contribution in [2.24, 2.45) is 5.92 Å². The molecule has 0 heterocycles. The quantitative estimate of drug-likeness (QED) is 0.157. The Morgan fingerprint density at radius 1 is 1.03 bits per heavy atom. The van der Waals surface area contributed by atoms with Crippen LogP contribution in [0.25, 0.3) is 0 Å². The van der Waals surface area contributed by atoms with E-state index in [4.69, 9.17) is 18.9 Å². The van der Waals surface area contributed by atoms with Crippen LogP contribution < -0.4 is 19.6 Å². The van der Waals surface area contributed by atoms with Crippen molar-refractivity contribution in [1.29, 1.82) is 0 Å². The fraction of sp³-hybridized carbons (Fsp3) is 0.538. The van der Waals surface area contributed by atoms with E-state index in [1.54, 1.807) is 38.1 Å². The van der Waals surface area contributed by atoms with Crippen molar-refractivity contribution in [3.8, 4) is 11.5 Å². The molecule has 1 unspecified atom stereocenters. The van der Waals surface area contributed by atoms with E-state index in [-0.39, 0.29) is 37.3 Å². The van der Waals surface area contributed by atoms with Gasteiger partial charge in [-0.25, -0.2) is 10.2 Å². The van der Waals surface area contributed by atoms with Crippen LogP contribution in [-0.4, -0.2) is 54.8 Å². The van der Waals surface area contributed by atoms with Crippen molar-refractivity contribution in [2.75, 3.05) is 19.6 Å². The van der Waals surface area contributed by atoms with Gasteiger partial charge < -0.3 is 24.1 Å². The lowest BCUT2D eigenvalue weighted by Gasteiger charge is -2.27. The summed E-state index contributed by atoms with van der Waals surface area (Å²) in [5, 5.41) is 15.6. The maximum atomic E-state index is 13.8. The molecule has 0 radical (unpaired) electrons. The lowest BCUT2D eigenvalue weighted by Crippen LogP contribution is -2.43. The summed E-state index contributed by atoms with van der Waals surface area (Å²) in [7, 11) is -3.67. The van der Waals surface area contributed by atoms with Gasteiger partial charge >= 0.3 is 11.9 Å². The smallest absolute Gasteiger partial charge is 0.323 e. The predicted octanol–water partition coefficient (Wildman–Crippen LogP) is 6.00. The minimum atomic E-state index is -3.67. The number of esters is 2. The number of halogens is 2. The number of hydrogen-bond acceptors (Lipinski definition) is 8. The number of allylic oxidation sites excluding steroid dienone is 1. The number of hydrogen-bond donors (Lipinski definition) is 3. The second kappa shape index (κ2) is 15.2. The molecule has 3 atom stereocenters. The SMILES string of the molecule is CCOC(=O)[C@H](C)NP(=O)(COc1cc(Br)c(OC2C=CC(O)=C(C(C)C)C2)c(Br)c1)N[C@@H](C)C(=O)OCC. The molecule has 0 aromatic heterocycles. The van der Waals surface area contributed by atoms with E-state index in [1.807, 2.05) is 13.8 Å². The summed E-state index contributed by atoms with van der Waals surface area (Å²) in [5.41, 5.74) is 0.916. The van der Waals surface area contributed by atoms with Crippen LogP contribution in [-0.2, 0) is 23.6 Å². The molecule has 0 saturated carbocycles.